The number of hydrogen-bond donors (Lipinski definition) is 2. The van der Waals surface area contributed by atoms with Crippen molar-refractivity contribution in [1.82, 2.24) is 10.6 Å². The Kier molecular flexibility index (Phi) is 7.23. The Bertz CT molecular complexity index is 644. The van der Waals surface area contributed by atoms with E-state index in [9.17, 15) is 9.18 Å². The minimum atomic E-state index is -0.224. The lowest BCUT2D eigenvalue weighted by molar-refractivity contribution is -0.121. The van der Waals surface area contributed by atoms with Crippen molar-refractivity contribution in [3.63, 3.8) is 0 Å². The number of ether oxygens (including phenoxy) is 1. The highest BCUT2D eigenvalue weighted by Crippen LogP contribution is 2.16. The molecule has 0 aromatic heterocycles. The van der Waals surface area contributed by atoms with Crippen molar-refractivity contribution >= 4 is 5.91 Å². The average Bonchev–Trinajstić information content (AvgIpc) is 2.61. The first kappa shape index (κ1) is 17.9. The van der Waals surface area contributed by atoms with Gasteiger partial charge in [0.05, 0.1) is 7.11 Å². The van der Waals surface area contributed by atoms with Crippen LogP contribution in [-0.2, 0) is 17.8 Å². The first-order chi connectivity index (χ1) is 11.7. The van der Waals surface area contributed by atoms with Crippen LogP contribution in [-0.4, -0.2) is 26.1 Å². The molecule has 128 valence electrons. The second kappa shape index (κ2) is 9.67. The number of para-hydroxylation sites is 1. The van der Waals surface area contributed by atoms with Crippen LogP contribution in [0.1, 0.15) is 17.5 Å². The predicted molar refractivity (Wildman–Crippen MR) is 92.4 cm³/mol. The molecule has 0 saturated carbocycles. The lowest BCUT2D eigenvalue weighted by Gasteiger charge is -2.10. The summed E-state index contributed by atoms with van der Waals surface area (Å²) in [5.41, 5.74) is 2.03. The highest BCUT2D eigenvalue weighted by atomic mass is 19.1. The molecule has 0 fully saturated rings. The molecule has 4 nitrogen and oxygen atoms in total. The number of nitrogens with one attached hydrogen (secondary N) is 2. The van der Waals surface area contributed by atoms with Gasteiger partial charge in [0.1, 0.15) is 11.6 Å². The van der Waals surface area contributed by atoms with E-state index in [1.54, 1.807) is 19.2 Å². The van der Waals surface area contributed by atoms with Crippen LogP contribution in [0.15, 0.2) is 48.5 Å². The molecule has 1 amide bonds. The molecule has 0 atom stereocenters. The van der Waals surface area contributed by atoms with Crippen LogP contribution in [0.25, 0.3) is 0 Å². The summed E-state index contributed by atoms with van der Waals surface area (Å²) in [4.78, 5) is 11.9. The average molecular weight is 330 g/mol. The molecule has 2 aromatic carbocycles. The van der Waals surface area contributed by atoms with E-state index in [2.05, 4.69) is 10.6 Å². The van der Waals surface area contributed by atoms with Crippen molar-refractivity contribution in [1.29, 1.82) is 0 Å². The van der Waals surface area contributed by atoms with Crippen molar-refractivity contribution in [2.45, 2.75) is 19.4 Å². The smallest absolute Gasteiger partial charge is 0.221 e. The third-order valence-corrected chi connectivity index (χ3v) is 3.70. The predicted octanol–water partition coefficient (Wildman–Crippen LogP) is 2.67. The Morgan fingerprint density at radius 1 is 1.08 bits per heavy atom. The number of halogens is 1. The quantitative estimate of drug-likeness (QED) is 0.695. The molecule has 0 bridgehead atoms. The highest BCUT2D eigenvalue weighted by molar-refractivity contribution is 5.76. The molecule has 5 heteroatoms. The van der Waals surface area contributed by atoms with Gasteiger partial charge < -0.3 is 15.4 Å². The molecule has 0 aliphatic rings. The zero-order valence-electron chi connectivity index (χ0n) is 13.8. The third-order valence-electron chi connectivity index (χ3n) is 3.70. The lowest BCUT2D eigenvalue weighted by atomic mass is 10.1. The maximum Gasteiger partial charge on any atom is 0.221 e. The summed E-state index contributed by atoms with van der Waals surface area (Å²) in [6.07, 6.45) is 1.22. The van der Waals surface area contributed by atoms with Crippen molar-refractivity contribution < 1.29 is 13.9 Å². The van der Waals surface area contributed by atoms with E-state index in [0.29, 0.717) is 19.5 Å². The maximum atomic E-state index is 12.8. The van der Waals surface area contributed by atoms with E-state index < -0.39 is 0 Å². The van der Waals surface area contributed by atoms with Crippen LogP contribution in [0.5, 0.6) is 5.75 Å². The molecule has 2 N–H and O–H groups in total. The van der Waals surface area contributed by atoms with E-state index in [-0.39, 0.29) is 11.7 Å². The van der Waals surface area contributed by atoms with E-state index >= 15 is 0 Å². The van der Waals surface area contributed by atoms with E-state index in [1.165, 1.54) is 12.1 Å². The first-order valence-corrected chi connectivity index (χ1v) is 8.03. The van der Waals surface area contributed by atoms with Gasteiger partial charge in [0.2, 0.25) is 5.91 Å². The molecular formula is C19H23FN2O2. The largest absolute Gasteiger partial charge is 0.496 e. The molecule has 2 aromatic rings. The van der Waals surface area contributed by atoms with Gasteiger partial charge in [-0.05, 0) is 36.7 Å². The van der Waals surface area contributed by atoms with Crippen molar-refractivity contribution in [2.75, 3.05) is 20.2 Å². The minimum Gasteiger partial charge on any atom is -0.496 e. The molecule has 0 spiro atoms. The molecule has 0 radical (unpaired) electrons. The number of carbonyl (C=O) groups is 1. The fourth-order valence-corrected chi connectivity index (χ4v) is 2.34. The van der Waals surface area contributed by atoms with Crippen molar-refractivity contribution in [3.8, 4) is 5.75 Å². The van der Waals surface area contributed by atoms with Gasteiger partial charge in [-0.2, -0.15) is 0 Å². The van der Waals surface area contributed by atoms with E-state index in [1.807, 2.05) is 24.3 Å². The molecule has 0 aliphatic carbocycles. The van der Waals surface area contributed by atoms with Crippen LogP contribution in [0, 0.1) is 5.82 Å². The molecule has 0 aliphatic heterocycles. The van der Waals surface area contributed by atoms with Crippen LogP contribution >= 0.6 is 0 Å². The molecule has 24 heavy (non-hydrogen) atoms. The van der Waals surface area contributed by atoms with Gasteiger partial charge in [-0.15, -0.1) is 0 Å². The topological polar surface area (TPSA) is 50.4 Å². The summed E-state index contributed by atoms with van der Waals surface area (Å²) < 4.78 is 18.0. The van der Waals surface area contributed by atoms with Gasteiger partial charge in [-0.25, -0.2) is 4.39 Å². The van der Waals surface area contributed by atoms with Gasteiger partial charge in [0.15, 0.2) is 0 Å². The second-order valence-corrected chi connectivity index (χ2v) is 5.47. The number of methoxy groups -OCH3 is 1. The van der Waals surface area contributed by atoms with Crippen LogP contribution in [0.4, 0.5) is 4.39 Å². The van der Waals surface area contributed by atoms with Crippen LogP contribution in [0.3, 0.4) is 0 Å². The van der Waals surface area contributed by atoms with Gasteiger partial charge in [-0.3, -0.25) is 4.79 Å². The molecule has 0 saturated heterocycles. The zero-order valence-corrected chi connectivity index (χ0v) is 13.8. The van der Waals surface area contributed by atoms with E-state index in [4.69, 9.17) is 4.74 Å². The van der Waals surface area contributed by atoms with Gasteiger partial charge in [-0.1, -0.05) is 30.3 Å². The van der Waals surface area contributed by atoms with Crippen LogP contribution in [0.2, 0.25) is 0 Å². The Balaban J connectivity index is 1.60. The van der Waals surface area contributed by atoms with Crippen molar-refractivity contribution in [2.24, 2.45) is 0 Å². The minimum absolute atomic E-state index is 0.00446. The molecule has 0 heterocycles. The highest BCUT2D eigenvalue weighted by Gasteiger charge is 2.04. The zero-order chi connectivity index (χ0) is 17.2. The molecule has 0 unspecified atom stereocenters. The second-order valence-electron chi connectivity index (χ2n) is 5.47. The fourth-order valence-electron chi connectivity index (χ4n) is 2.34. The summed E-state index contributed by atoms with van der Waals surface area (Å²) in [5.74, 6) is 0.545. The number of rotatable bonds is 9. The third kappa shape index (κ3) is 6.01. The monoisotopic (exact) mass is 330 g/mol. The molecule has 2 rings (SSSR count). The maximum absolute atomic E-state index is 12.8. The molecular weight excluding hydrogens is 307 g/mol. The van der Waals surface area contributed by atoms with Gasteiger partial charge in [0.25, 0.3) is 0 Å². The summed E-state index contributed by atoms with van der Waals surface area (Å²) in [5, 5.41) is 6.11. The number of carbonyl (C=O) groups excluding carboxylic acids is 1. The SMILES string of the molecule is COc1ccccc1CNC(=O)CCNCCc1ccc(F)cc1. The normalized spacial score (nSPS) is 10.4. The lowest BCUT2D eigenvalue weighted by Crippen LogP contribution is -2.28. The van der Waals surface area contributed by atoms with Gasteiger partial charge >= 0.3 is 0 Å². The summed E-state index contributed by atoms with van der Waals surface area (Å²) in [6.45, 7) is 1.82. The summed E-state index contributed by atoms with van der Waals surface area (Å²) in [6, 6.07) is 14.1. The van der Waals surface area contributed by atoms with Crippen LogP contribution < -0.4 is 15.4 Å². The fraction of sp³-hybridized carbons (Fsp3) is 0.316. The summed E-state index contributed by atoms with van der Waals surface area (Å²) >= 11 is 0. The number of hydrogen-bond acceptors (Lipinski definition) is 3. The Morgan fingerprint density at radius 2 is 1.83 bits per heavy atom. The Labute approximate surface area is 142 Å². The van der Waals surface area contributed by atoms with Gasteiger partial charge in [0, 0.05) is 25.1 Å². The first-order valence-electron chi connectivity index (χ1n) is 8.03. The summed E-state index contributed by atoms with van der Waals surface area (Å²) in [7, 11) is 1.62. The number of benzene rings is 2. The van der Waals surface area contributed by atoms with E-state index in [0.717, 1.165) is 29.8 Å². The standard InChI is InChI=1S/C19H23FN2O2/c1-24-18-5-3-2-4-16(18)14-22-19(23)11-13-21-12-10-15-6-8-17(20)9-7-15/h2-9,21H,10-14H2,1H3,(H,22,23). The number of amides is 1. The Hall–Kier alpha value is -2.40. The van der Waals surface area contributed by atoms with Crippen molar-refractivity contribution in [3.05, 3.63) is 65.5 Å². The Morgan fingerprint density at radius 3 is 2.58 bits per heavy atom.